The van der Waals surface area contributed by atoms with Gasteiger partial charge in [-0.25, -0.2) is 4.79 Å². The first kappa shape index (κ1) is 25.3. The van der Waals surface area contributed by atoms with E-state index >= 15 is 0 Å². The molecule has 9 heteroatoms. The maximum atomic E-state index is 12.9. The van der Waals surface area contributed by atoms with Crippen molar-refractivity contribution in [2.24, 2.45) is 5.92 Å². The first-order chi connectivity index (χ1) is 15.4. The lowest BCUT2D eigenvalue weighted by molar-refractivity contribution is -0.140. The first-order valence-corrected chi connectivity index (χ1v) is 11.1. The number of ketones is 1. The van der Waals surface area contributed by atoms with Gasteiger partial charge in [-0.3, -0.25) is 14.4 Å². The number of rotatable bonds is 6. The highest BCUT2D eigenvalue weighted by Crippen LogP contribution is 2.09. The maximum absolute atomic E-state index is 12.9. The molecule has 2 atom stereocenters. The van der Waals surface area contributed by atoms with Crippen molar-refractivity contribution in [3.63, 3.8) is 0 Å². The summed E-state index contributed by atoms with van der Waals surface area (Å²) in [4.78, 5) is 49.9. The summed E-state index contributed by atoms with van der Waals surface area (Å²) in [6.45, 7) is 5.03. The van der Waals surface area contributed by atoms with E-state index in [9.17, 15) is 19.2 Å². The minimum atomic E-state index is -0.967. The number of amides is 3. The van der Waals surface area contributed by atoms with E-state index < -0.39 is 35.8 Å². The zero-order valence-corrected chi connectivity index (χ0v) is 18.7. The summed E-state index contributed by atoms with van der Waals surface area (Å²) in [5, 5.41) is 7.78. The fourth-order valence-corrected chi connectivity index (χ4v) is 3.23. The second kappa shape index (κ2) is 13.5. The number of Topliss-reactive ketones (excluding diaryl/α,β-unsaturated/α-hetero) is 1. The molecule has 1 aliphatic heterocycles. The molecule has 9 nitrogen and oxygen atoms in total. The average molecular weight is 448 g/mol. The highest BCUT2D eigenvalue weighted by Gasteiger charge is 2.31. The lowest BCUT2D eigenvalue weighted by Gasteiger charge is -2.25. The molecule has 176 valence electrons. The third-order valence-electron chi connectivity index (χ3n) is 5.07. The predicted molar refractivity (Wildman–Crippen MR) is 118 cm³/mol. The van der Waals surface area contributed by atoms with Crippen LogP contribution in [0.3, 0.4) is 0 Å². The Morgan fingerprint density at radius 3 is 2.56 bits per heavy atom. The van der Waals surface area contributed by atoms with Crippen LogP contribution in [0.15, 0.2) is 30.3 Å². The van der Waals surface area contributed by atoms with Crippen molar-refractivity contribution in [2.75, 3.05) is 19.8 Å². The lowest BCUT2D eigenvalue weighted by atomic mass is 10.0. The number of ether oxygens (including phenoxy) is 2. The smallest absolute Gasteiger partial charge is 0.408 e. The molecule has 3 amide bonds. The third-order valence-corrected chi connectivity index (χ3v) is 5.07. The van der Waals surface area contributed by atoms with Gasteiger partial charge in [0.1, 0.15) is 12.6 Å². The number of nitrogens with one attached hydrogen (secondary N) is 3. The van der Waals surface area contributed by atoms with Crippen LogP contribution >= 0.6 is 0 Å². The van der Waals surface area contributed by atoms with E-state index in [0.717, 1.165) is 12.0 Å². The van der Waals surface area contributed by atoms with Crippen molar-refractivity contribution in [3.05, 3.63) is 35.9 Å². The van der Waals surface area contributed by atoms with Gasteiger partial charge in [0.2, 0.25) is 11.7 Å². The molecule has 1 fully saturated rings. The molecule has 2 rings (SSSR count). The van der Waals surface area contributed by atoms with Crippen molar-refractivity contribution >= 4 is 23.7 Å². The Morgan fingerprint density at radius 1 is 1.12 bits per heavy atom. The lowest BCUT2D eigenvalue weighted by Crippen LogP contribution is -2.55. The van der Waals surface area contributed by atoms with Crippen LogP contribution < -0.4 is 16.0 Å². The summed E-state index contributed by atoms with van der Waals surface area (Å²) in [6, 6.07) is 7.30. The van der Waals surface area contributed by atoms with Gasteiger partial charge in [-0.2, -0.15) is 0 Å². The zero-order chi connectivity index (χ0) is 23.3. The van der Waals surface area contributed by atoms with E-state index in [0.29, 0.717) is 39.0 Å². The van der Waals surface area contributed by atoms with Crippen molar-refractivity contribution in [1.82, 2.24) is 16.0 Å². The van der Waals surface area contributed by atoms with E-state index in [-0.39, 0.29) is 12.5 Å². The minimum absolute atomic E-state index is 0.0719. The zero-order valence-electron chi connectivity index (χ0n) is 18.7. The van der Waals surface area contributed by atoms with E-state index in [4.69, 9.17) is 9.47 Å². The number of benzene rings is 1. The van der Waals surface area contributed by atoms with Gasteiger partial charge < -0.3 is 25.4 Å². The summed E-state index contributed by atoms with van der Waals surface area (Å²) in [5.74, 6) is -2.21. The Morgan fingerprint density at radius 2 is 1.84 bits per heavy atom. The van der Waals surface area contributed by atoms with Gasteiger partial charge in [0, 0.05) is 19.8 Å². The molecule has 1 heterocycles. The SMILES string of the molecule is CC(C)C(NC(=O)OCc1ccccc1)C(=O)NC1CCCCOCCCNC(=O)C1=O. The van der Waals surface area contributed by atoms with Gasteiger partial charge in [0.25, 0.3) is 5.91 Å². The third kappa shape index (κ3) is 8.66. The Kier molecular flexibility index (Phi) is 10.7. The monoisotopic (exact) mass is 447 g/mol. The van der Waals surface area contributed by atoms with Crippen molar-refractivity contribution in [3.8, 4) is 0 Å². The Hall–Kier alpha value is -2.94. The average Bonchev–Trinajstić information content (AvgIpc) is 2.78. The van der Waals surface area contributed by atoms with Crippen molar-refractivity contribution in [1.29, 1.82) is 0 Å². The number of carbonyl (C=O) groups excluding carboxylic acids is 4. The largest absolute Gasteiger partial charge is 0.445 e. The maximum Gasteiger partial charge on any atom is 0.408 e. The van der Waals surface area contributed by atoms with Crippen LogP contribution in [0.25, 0.3) is 0 Å². The van der Waals surface area contributed by atoms with Gasteiger partial charge in [0.05, 0.1) is 6.04 Å². The number of alkyl carbamates (subject to hydrolysis) is 1. The van der Waals surface area contributed by atoms with Crippen LogP contribution in [-0.4, -0.2) is 55.5 Å². The minimum Gasteiger partial charge on any atom is -0.445 e. The molecule has 0 saturated carbocycles. The summed E-state index contributed by atoms with van der Waals surface area (Å²) in [5.41, 5.74) is 0.821. The van der Waals surface area contributed by atoms with Crippen LogP contribution in [0.2, 0.25) is 0 Å². The highest BCUT2D eigenvalue weighted by atomic mass is 16.5. The molecule has 0 aliphatic carbocycles. The molecule has 0 radical (unpaired) electrons. The molecule has 0 bridgehead atoms. The molecular formula is C23H33N3O6. The molecule has 32 heavy (non-hydrogen) atoms. The molecule has 1 aromatic carbocycles. The standard InChI is InChI=1S/C23H33N3O6/c1-16(2)19(26-23(30)32-15-17-9-4-3-5-10-17)21(28)25-18-11-6-7-13-31-14-8-12-24-22(29)20(18)27/h3-5,9-10,16,18-19H,6-8,11-15H2,1-2H3,(H,24,29)(H,25,28)(H,26,30). The molecule has 3 N–H and O–H groups in total. The van der Waals surface area contributed by atoms with Crippen molar-refractivity contribution < 1.29 is 28.7 Å². The van der Waals surface area contributed by atoms with Gasteiger partial charge in [-0.05, 0) is 37.2 Å². The Labute approximate surface area is 188 Å². The van der Waals surface area contributed by atoms with Gasteiger partial charge in [-0.15, -0.1) is 0 Å². The molecule has 1 aromatic rings. The summed E-state index contributed by atoms with van der Waals surface area (Å²) >= 11 is 0. The number of hydrogen-bond donors (Lipinski definition) is 3. The van der Waals surface area contributed by atoms with Gasteiger partial charge >= 0.3 is 6.09 Å². The van der Waals surface area contributed by atoms with E-state index in [2.05, 4.69) is 16.0 Å². The Balaban J connectivity index is 1.97. The summed E-state index contributed by atoms with van der Waals surface area (Å²) in [6.07, 6.45) is 1.52. The summed E-state index contributed by atoms with van der Waals surface area (Å²) < 4.78 is 10.7. The molecule has 2 unspecified atom stereocenters. The van der Waals surface area contributed by atoms with Gasteiger partial charge in [0.15, 0.2) is 0 Å². The van der Waals surface area contributed by atoms with E-state index in [1.807, 2.05) is 30.3 Å². The second-order valence-corrected chi connectivity index (χ2v) is 8.07. The van der Waals surface area contributed by atoms with E-state index in [1.54, 1.807) is 13.8 Å². The Bertz CT molecular complexity index is 768. The summed E-state index contributed by atoms with van der Waals surface area (Å²) in [7, 11) is 0. The fraction of sp³-hybridized carbons (Fsp3) is 0.565. The number of hydrogen-bond acceptors (Lipinski definition) is 6. The predicted octanol–water partition coefficient (Wildman–Crippen LogP) is 1.70. The quantitative estimate of drug-likeness (QED) is 0.571. The van der Waals surface area contributed by atoms with E-state index in [1.165, 1.54) is 0 Å². The van der Waals surface area contributed by atoms with Crippen LogP contribution in [0.4, 0.5) is 4.79 Å². The molecule has 0 spiro atoms. The normalized spacial score (nSPS) is 19.2. The molecule has 1 saturated heterocycles. The molecule has 0 aromatic heterocycles. The van der Waals surface area contributed by atoms with Crippen LogP contribution in [0.1, 0.15) is 45.1 Å². The molecular weight excluding hydrogens is 414 g/mol. The first-order valence-electron chi connectivity index (χ1n) is 11.1. The highest BCUT2D eigenvalue weighted by molar-refractivity contribution is 6.38. The second-order valence-electron chi connectivity index (χ2n) is 8.07. The van der Waals surface area contributed by atoms with Crippen LogP contribution in [0, 0.1) is 5.92 Å². The number of carbonyl (C=O) groups is 4. The van der Waals surface area contributed by atoms with Gasteiger partial charge in [-0.1, -0.05) is 44.2 Å². The fourth-order valence-electron chi connectivity index (χ4n) is 3.23. The van der Waals surface area contributed by atoms with Crippen LogP contribution in [0.5, 0.6) is 0 Å². The van der Waals surface area contributed by atoms with Crippen molar-refractivity contribution in [2.45, 2.75) is 58.2 Å². The molecule has 1 aliphatic rings. The van der Waals surface area contributed by atoms with Crippen LogP contribution in [-0.2, 0) is 30.5 Å². The topological polar surface area (TPSA) is 123 Å².